The first-order chi connectivity index (χ1) is 11.2. The van der Waals surface area contributed by atoms with Crippen molar-refractivity contribution < 1.29 is 19.0 Å². The number of carbonyl (C=O) groups is 1. The number of nitrogens with one attached hydrogen (secondary N) is 2. The zero-order valence-corrected chi connectivity index (χ0v) is 13.8. The molecule has 2 unspecified atom stereocenters. The Bertz CT molecular complexity index is 561. The highest BCUT2D eigenvalue weighted by Crippen LogP contribution is 2.42. The second kappa shape index (κ2) is 6.66. The van der Waals surface area contributed by atoms with Crippen molar-refractivity contribution >= 4 is 5.91 Å². The first-order valence-corrected chi connectivity index (χ1v) is 7.99. The fourth-order valence-electron chi connectivity index (χ4n) is 3.16. The molecule has 126 valence electrons. The van der Waals surface area contributed by atoms with E-state index in [2.05, 4.69) is 10.6 Å². The Hall–Kier alpha value is -1.95. The van der Waals surface area contributed by atoms with Crippen LogP contribution in [0.2, 0.25) is 0 Å². The van der Waals surface area contributed by atoms with Crippen LogP contribution in [-0.2, 0) is 4.79 Å². The maximum Gasteiger partial charge on any atom is 0.225 e. The second-order valence-corrected chi connectivity index (χ2v) is 6.11. The van der Waals surface area contributed by atoms with Crippen LogP contribution in [0, 0.1) is 5.92 Å². The minimum atomic E-state index is -0.0709. The van der Waals surface area contributed by atoms with Gasteiger partial charge in [0.15, 0.2) is 11.5 Å². The number of hydrogen-bond donors (Lipinski definition) is 2. The molecule has 1 aliphatic heterocycles. The van der Waals surface area contributed by atoms with Crippen molar-refractivity contribution in [3.8, 4) is 17.2 Å². The summed E-state index contributed by atoms with van der Waals surface area (Å²) in [6.07, 6.45) is 2.20. The molecule has 0 aromatic heterocycles. The lowest BCUT2D eigenvalue weighted by atomic mass is 9.88. The molecule has 0 bridgehead atoms. The van der Waals surface area contributed by atoms with E-state index in [4.69, 9.17) is 14.2 Å². The molecule has 2 N–H and O–H groups in total. The summed E-state index contributed by atoms with van der Waals surface area (Å²) in [4.78, 5) is 12.5. The summed E-state index contributed by atoms with van der Waals surface area (Å²) in [6.45, 7) is 1.46. The highest BCUT2D eigenvalue weighted by molar-refractivity contribution is 5.81. The number of carbonyl (C=O) groups excluding carboxylic acids is 1. The highest BCUT2D eigenvalue weighted by Gasteiger charge is 2.37. The number of rotatable bonds is 6. The van der Waals surface area contributed by atoms with Crippen LogP contribution in [0.25, 0.3) is 0 Å². The Morgan fingerprint density at radius 3 is 2.26 bits per heavy atom. The van der Waals surface area contributed by atoms with Gasteiger partial charge >= 0.3 is 0 Å². The first-order valence-electron chi connectivity index (χ1n) is 7.99. The Morgan fingerprint density at radius 1 is 1.09 bits per heavy atom. The van der Waals surface area contributed by atoms with Gasteiger partial charge in [-0.2, -0.15) is 0 Å². The molecule has 6 nitrogen and oxygen atoms in total. The van der Waals surface area contributed by atoms with E-state index in [9.17, 15) is 4.79 Å². The molecule has 2 fully saturated rings. The molecule has 0 spiro atoms. The zero-order valence-electron chi connectivity index (χ0n) is 13.8. The number of methoxy groups -OCH3 is 3. The van der Waals surface area contributed by atoms with Gasteiger partial charge in [0, 0.05) is 25.0 Å². The minimum Gasteiger partial charge on any atom is -0.493 e. The molecule has 3 rings (SSSR count). The van der Waals surface area contributed by atoms with Crippen molar-refractivity contribution in [3.05, 3.63) is 17.7 Å². The molecule has 1 aromatic rings. The van der Waals surface area contributed by atoms with E-state index in [0.717, 1.165) is 24.9 Å². The standard InChI is InChI=1S/C17H24N2O4/c1-21-14-6-10(7-15(22-2)16(14)23-3)12-8-18-9-13(12)17(20)19-11-4-5-11/h6-7,11-13,18H,4-5,8-9H2,1-3H3,(H,19,20). The molecule has 1 heterocycles. The first kappa shape index (κ1) is 15.9. The average Bonchev–Trinajstić information content (AvgIpc) is 3.24. The van der Waals surface area contributed by atoms with Crippen LogP contribution in [0.3, 0.4) is 0 Å². The third-order valence-corrected chi connectivity index (χ3v) is 4.59. The average molecular weight is 320 g/mol. The Morgan fingerprint density at radius 2 is 1.74 bits per heavy atom. The van der Waals surface area contributed by atoms with E-state index in [1.54, 1.807) is 21.3 Å². The third-order valence-electron chi connectivity index (χ3n) is 4.59. The fraction of sp³-hybridized carbons (Fsp3) is 0.588. The van der Waals surface area contributed by atoms with Crippen LogP contribution in [0.1, 0.15) is 24.3 Å². The minimum absolute atomic E-state index is 0.0709. The molecular weight excluding hydrogens is 296 g/mol. The fourth-order valence-corrected chi connectivity index (χ4v) is 3.16. The molecule has 0 radical (unpaired) electrons. The van der Waals surface area contributed by atoms with Gasteiger partial charge in [-0.15, -0.1) is 0 Å². The largest absolute Gasteiger partial charge is 0.493 e. The number of benzene rings is 1. The van der Waals surface area contributed by atoms with E-state index in [1.165, 1.54) is 0 Å². The summed E-state index contributed by atoms with van der Waals surface area (Å²) in [5, 5.41) is 6.43. The van der Waals surface area contributed by atoms with Gasteiger partial charge in [-0.05, 0) is 30.5 Å². The van der Waals surface area contributed by atoms with Crippen LogP contribution in [0.15, 0.2) is 12.1 Å². The van der Waals surface area contributed by atoms with E-state index < -0.39 is 0 Å². The van der Waals surface area contributed by atoms with Gasteiger partial charge in [-0.25, -0.2) is 0 Å². The van der Waals surface area contributed by atoms with Crippen LogP contribution in [-0.4, -0.2) is 46.4 Å². The van der Waals surface area contributed by atoms with Gasteiger partial charge in [0.2, 0.25) is 11.7 Å². The summed E-state index contributed by atoms with van der Waals surface area (Å²) in [6, 6.07) is 4.26. The molecule has 23 heavy (non-hydrogen) atoms. The molecule has 1 amide bonds. The summed E-state index contributed by atoms with van der Waals surface area (Å²) in [5.74, 6) is 1.98. The van der Waals surface area contributed by atoms with E-state index in [0.29, 0.717) is 29.8 Å². The Labute approximate surface area is 136 Å². The lowest BCUT2D eigenvalue weighted by molar-refractivity contribution is -0.124. The zero-order chi connectivity index (χ0) is 16.4. The lowest BCUT2D eigenvalue weighted by Crippen LogP contribution is -2.35. The predicted octanol–water partition coefficient (Wildman–Crippen LogP) is 1.29. The normalized spacial score (nSPS) is 23.4. The summed E-state index contributed by atoms with van der Waals surface area (Å²) in [5.41, 5.74) is 1.03. The SMILES string of the molecule is COc1cc(C2CNCC2C(=O)NC2CC2)cc(OC)c1OC. The molecule has 1 aliphatic carbocycles. The molecule has 2 aliphatic rings. The van der Waals surface area contributed by atoms with Gasteiger partial charge in [0.25, 0.3) is 0 Å². The summed E-state index contributed by atoms with van der Waals surface area (Å²) < 4.78 is 16.2. The van der Waals surface area contributed by atoms with Crippen LogP contribution >= 0.6 is 0 Å². The molecule has 2 atom stereocenters. The molecule has 1 saturated carbocycles. The lowest BCUT2D eigenvalue weighted by Gasteiger charge is -2.21. The van der Waals surface area contributed by atoms with E-state index in [-0.39, 0.29) is 17.7 Å². The van der Waals surface area contributed by atoms with E-state index >= 15 is 0 Å². The van der Waals surface area contributed by atoms with Crippen molar-refractivity contribution in [1.82, 2.24) is 10.6 Å². The Balaban J connectivity index is 1.88. The topological polar surface area (TPSA) is 68.8 Å². The van der Waals surface area contributed by atoms with Gasteiger partial charge in [0.1, 0.15) is 0 Å². The molecule has 6 heteroatoms. The highest BCUT2D eigenvalue weighted by atomic mass is 16.5. The van der Waals surface area contributed by atoms with Crippen LogP contribution in [0.4, 0.5) is 0 Å². The van der Waals surface area contributed by atoms with Crippen molar-refractivity contribution in [3.63, 3.8) is 0 Å². The van der Waals surface area contributed by atoms with Gasteiger partial charge in [-0.3, -0.25) is 4.79 Å². The van der Waals surface area contributed by atoms with Crippen LogP contribution < -0.4 is 24.8 Å². The van der Waals surface area contributed by atoms with Crippen molar-refractivity contribution in [2.45, 2.75) is 24.8 Å². The van der Waals surface area contributed by atoms with Crippen molar-refractivity contribution in [2.24, 2.45) is 5.92 Å². The van der Waals surface area contributed by atoms with Crippen molar-refractivity contribution in [1.29, 1.82) is 0 Å². The van der Waals surface area contributed by atoms with Gasteiger partial charge < -0.3 is 24.8 Å². The summed E-state index contributed by atoms with van der Waals surface area (Å²) in [7, 11) is 4.79. The van der Waals surface area contributed by atoms with Crippen LogP contribution in [0.5, 0.6) is 17.2 Å². The third kappa shape index (κ3) is 3.22. The smallest absolute Gasteiger partial charge is 0.225 e. The second-order valence-electron chi connectivity index (χ2n) is 6.11. The molecule has 1 saturated heterocycles. The van der Waals surface area contributed by atoms with E-state index in [1.807, 2.05) is 12.1 Å². The Kier molecular flexibility index (Phi) is 4.61. The predicted molar refractivity (Wildman–Crippen MR) is 86.4 cm³/mol. The van der Waals surface area contributed by atoms with Crippen molar-refractivity contribution in [2.75, 3.05) is 34.4 Å². The summed E-state index contributed by atoms with van der Waals surface area (Å²) >= 11 is 0. The number of amides is 1. The monoisotopic (exact) mass is 320 g/mol. The number of ether oxygens (including phenoxy) is 3. The maximum atomic E-state index is 12.5. The maximum absolute atomic E-state index is 12.5. The van der Waals surface area contributed by atoms with Gasteiger partial charge in [-0.1, -0.05) is 0 Å². The molecule has 1 aromatic carbocycles. The number of hydrogen-bond acceptors (Lipinski definition) is 5. The molecular formula is C17H24N2O4. The van der Waals surface area contributed by atoms with Gasteiger partial charge in [0.05, 0.1) is 27.2 Å². The quantitative estimate of drug-likeness (QED) is 0.827.